The van der Waals surface area contributed by atoms with Crippen LogP contribution < -0.4 is 10.6 Å². The zero-order chi connectivity index (χ0) is 12.5. The van der Waals surface area contributed by atoms with Crippen LogP contribution in [0, 0.1) is 18.3 Å². The van der Waals surface area contributed by atoms with Crippen LogP contribution in [0.1, 0.15) is 12.2 Å². The normalized spacial score (nSPS) is 9.71. The topological polar surface area (TPSA) is 82.9 Å². The number of methoxy groups -OCH3 is 1. The van der Waals surface area contributed by atoms with Gasteiger partial charge in [-0.1, -0.05) is 0 Å². The van der Waals surface area contributed by atoms with Crippen LogP contribution in [0.5, 0.6) is 0 Å². The predicted octanol–water partition coefficient (Wildman–Crippen LogP) is 1.17. The number of nitriles is 1. The van der Waals surface area contributed by atoms with E-state index in [1.807, 2.05) is 13.0 Å². The van der Waals surface area contributed by atoms with Gasteiger partial charge in [0, 0.05) is 26.3 Å². The van der Waals surface area contributed by atoms with Gasteiger partial charge in [-0.3, -0.25) is 0 Å². The van der Waals surface area contributed by atoms with Crippen LogP contribution in [0.3, 0.4) is 0 Å². The van der Waals surface area contributed by atoms with Crippen LogP contribution in [0.4, 0.5) is 11.6 Å². The summed E-state index contributed by atoms with van der Waals surface area (Å²) in [5.41, 5.74) is 0. The van der Waals surface area contributed by atoms with E-state index < -0.39 is 0 Å². The average molecular weight is 235 g/mol. The van der Waals surface area contributed by atoms with Gasteiger partial charge in [-0.05, 0) is 13.3 Å². The van der Waals surface area contributed by atoms with E-state index in [4.69, 9.17) is 10.00 Å². The summed E-state index contributed by atoms with van der Waals surface area (Å²) in [7, 11) is 1.68. The summed E-state index contributed by atoms with van der Waals surface area (Å²) in [4.78, 5) is 8.43. The standard InChI is InChI=1S/C11H17N5O/c1-9-15-10(13-5-3-7-17-2)8-11(16-9)14-6-4-12/h8H,3,5-7H2,1-2H3,(H2,13,14,15,16). The molecular weight excluding hydrogens is 218 g/mol. The molecule has 0 atom stereocenters. The number of ether oxygens (including phenoxy) is 1. The number of nitrogens with one attached hydrogen (secondary N) is 2. The van der Waals surface area contributed by atoms with Crippen molar-refractivity contribution in [3.8, 4) is 6.07 Å². The van der Waals surface area contributed by atoms with Crippen molar-refractivity contribution in [1.82, 2.24) is 9.97 Å². The van der Waals surface area contributed by atoms with Crippen molar-refractivity contribution in [2.24, 2.45) is 0 Å². The Balaban J connectivity index is 2.53. The first-order valence-electron chi connectivity index (χ1n) is 5.45. The molecule has 0 aromatic carbocycles. The van der Waals surface area contributed by atoms with Crippen molar-refractivity contribution >= 4 is 11.6 Å². The molecule has 1 rings (SSSR count). The lowest BCUT2D eigenvalue weighted by molar-refractivity contribution is 0.198. The van der Waals surface area contributed by atoms with Crippen molar-refractivity contribution in [1.29, 1.82) is 5.26 Å². The second-order valence-electron chi connectivity index (χ2n) is 3.47. The van der Waals surface area contributed by atoms with Crippen LogP contribution in [0.15, 0.2) is 6.07 Å². The molecule has 0 saturated carbocycles. The second kappa shape index (κ2) is 7.41. The van der Waals surface area contributed by atoms with E-state index in [9.17, 15) is 0 Å². The molecule has 1 aromatic heterocycles. The minimum atomic E-state index is 0.236. The van der Waals surface area contributed by atoms with Gasteiger partial charge in [0.05, 0.1) is 6.07 Å². The summed E-state index contributed by atoms with van der Waals surface area (Å²) < 4.78 is 4.96. The number of aryl methyl sites for hydroxylation is 1. The molecule has 1 heterocycles. The van der Waals surface area contributed by atoms with E-state index in [1.54, 1.807) is 13.2 Å². The van der Waals surface area contributed by atoms with Crippen molar-refractivity contribution in [3.05, 3.63) is 11.9 Å². The molecule has 0 unspecified atom stereocenters. The number of aromatic nitrogens is 2. The molecule has 0 amide bonds. The summed E-state index contributed by atoms with van der Waals surface area (Å²) in [6.45, 7) is 3.57. The van der Waals surface area contributed by atoms with Crippen molar-refractivity contribution in [2.45, 2.75) is 13.3 Å². The molecule has 0 saturated heterocycles. The number of hydrogen-bond acceptors (Lipinski definition) is 6. The smallest absolute Gasteiger partial charge is 0.132 e. The summed E-state index contributed by atoms with van der Waals surface area (Å²) >= 11 is 0. The van der Waals surface area contributed by atoms with Gasteiger partial charge in [-0.25, -0.2) is 9.97 Å². The van der Waals surface area contributed by atoms with Crippen molar-refractivity contribution in [2.75, 3.05) is 37.4 Å². The summed E-state index contributed by atoms with van der Waals surface area (Å²) in [5.74, 6) is 2.09. The molecule has 6 heteroatoms. The molecule has 0 aliphatic rings. The van der Waals surface area contributed by atoms with Crippen LogP contribution >= 0.6 is 0 Å². The molecule has 92 valence electrons. The monoisotopic (exact) mass is 235 g/mol. The highest BCUT2D eigenvalue weighted by atomic mass is 16.5. The van der Waals surface area contributed by atoms with Gasteiger partial charge in [-0.15, -0.1) is 0 Å². The third-order valence-electron chi connectivity index (χ3n) is 2.02. The van der Waals surface area contributed by atoms with Gasteiger partial charge in [0.25, 0.3) is 0 Å². The van der Waals surface area contributed by atoms with E-state index in [0.29, 0.717) is 11.6 Å². The fourth-order valence-corrected chi connectivity index (χ4v) is 1.31. The third-order valence-corrected chi connectivity index (χ3v) is 2.02. The highest BCUT2D eigenvalue weighted by molar-refractivity contribution is 5.47. The molecule has 1 aromatic rings. The van der Waals surface area contributed by atoms with Crippen LogP contribution in [0.2, 0.25) is 0 Å². The summed E-state index contributed by atoms with van der Waals surface area (Å²) in [5, 5.41) is 14.6. The molecule has 0 bridgehead atoms. The van der Waals surface area contributed by atoms with E-state index in [0.717, 1.165) is 25.4 Å². The molecular formula is C11H17N5O. The number of nitrogens with zero attached hydrogens (tertiary/aromatic N) is 3. The molecule has 17 heavy (non-hydrogen) atoms. The molecule has 6 nitrogen and oxygen atoms in total. The van der Waals surface area contributed by atoms with Crippen LogP contribution in [-0.2, 0) is 4.74 Å². The predicted molar refractivity (Wildman–Crippen MR) is 65.9 cm³/mol. The maximum absolute atomic E-state index is 8.48. The van der Waals surface area contributed by atoms with E-state index in [-0.39, 0.29) is 6.54 Å². The van der Waals surface area contributed by atoms with Gasteiger partial charge < -0.3 is 15.4 Å². The molecule has 0 radical (unpaired) electrons. The minimum Gasteiger partial charge on any atom is -0.385 e. The molecule has 0 aliphatic carbocycles. The maximum atomic E-state index is 8.48. The molecule has 0 spiro atoms. The SMILES string of the molecule is COCCCNc1cc(NCC#N)nc(C)n1. The average Bonchev–Trinajstić information content (AvgIpc) is 2.31. The number of anilines is 2. The second-order valence-corrected chi connectivity index (χ2v) is 3.47. The lowest BCUT2D eigenvalue weighted by atomic mass is 10.4. The molecule has 2 N–H and O–H groups in total. The van der Waals surface area contributed by atoms with Gasteiger partial charge >= 0.3 is 0 Å². The highest BCUT2D eigenvalue weighted by Crippen LogP contribution is 2.10. The van der Waals surface area contributed by atoms with Crippen molar-refractivity contribution < 1.29 is 4.74 Å². The largest absolute Gasteiger partial charge is 0.385 e. The highest BCUT2D eigenvalue weighted by Gasteiger charge is 2.00. The first-order valence-corrected chi connectivity index (χ1v) is 5.45. The fourth-order valence-electron chi connectivity index (χ4n) is 1.31. The van der Waals surface area contributed by atoms with Gasteiger partial charge in [0.15, 0.2) is 0 Å². The van der Waals surface area contributed by atoms with E-state index in [2.05, 4.69) is 20.6 Å². The van der Waals surface area contributed by atoms with Gasteiger partial charge in [-0.2, -0.15) is 5.26 Å². The summed E-state index contributed by atoms with van der Waals surface area (Å²) in [6.07, 6.45) is 0.917. The maximum Gasteiger partial charge on any atom is 0.132 e. The Kier molecular flexibility index (Phi) is 5.75. The van der Waals surface area contributed by atoms with Gasteiger partial charge in [0.2, 0.25) is 0 Å². The minimum absolute atomic E-state index is 0.236. The van der Waals surface area contributed by atoms with Crippen LogP contribution in [0.25, 0.3) is 0 Å². The first kappa shape index (κ1) is 13.2. The number of hydrogen-bond donors (Lipinski definition) is 2. The Morgan fingerprint density at radius 1 is 1.35 bits per heavy atom. The molecule has 0 fully saturated rings. The third kappa shape index (κ3) is 5.13. The lowest BCUT2D eigenvalue weighted by Gasteiger charge is -2.08. The van der Waals surface area contributed by atoms with E-state index >= 15 is 0 Å². The Morgan fingerprint density at radius 2 is 2.06 bits per heavy atom. The Labute approximate surface area is 101 Å². The fraction of sp³-hybridized carbons (Fsp3) is 0.545. The van der Waals surface area contributed by atoms with E-state index in [1.165, 1.54) is 0 Å². The van der Waals surface area contributed by atoms with Gasteiger partial charge in [0.1, 0.15) is 24.0 Å². The van der Waals surface area contributed by atoms with Crippen LogP contribution in [-0.4, -0.2) is 36.8 Å². The first-order chi connectivity index (χ1) is 8.26. The Bertz CT molecular complexity index is 388. The van der Waals surface area contributed by atoms with Crippen molar-refractivity contribution in [3.63, 3.8) is 0 Å². The Morgan fingerprint density at radius 3 is 2.71 bits per heavy atom. The Hall–Kier alpha value is -1.87. The molecule has 0 aliphatic heterocycles. The lowest BCUT2D eigenvalue weighted by Crippen LogP contribution is -2.09. The zero-order valence-corrected chi connectivity index (χ0v) is 10.2. The number of rotatable bonds is 7. The summed E-state index contributed by atoms with van der Waals surface area (Å²) in [6, 6.07) is 3.80. The quantitative estimate of drug-likeness (QED) is 0.545. The zero-order valence-electron chi connectivity index (χ0n) is 10.2.